The smallest absolute Gasteiger partial charge is 0.0937 e. The zero-order valence-electron chi connectivity index (χ0n) is 13.7. The van der Waals surface area contributed by atoms with Crippen molar-refractivity contribution in [2.24, 2.45) is 4.99 Å². The Labute approximate surface area is 161 Å². The van der Waals surface area contributed by atoms with E-state index < -0.39 is 0 Å². The minimum absolute atomic E-state index is 0.0253. The second-order valence-corrected chi connectivity index (χ2v) is 7.31. The lowest BCUT2D eigenvalue weighted by atomic mass is 10.0. The molecule has 5 heteroatoms. The van der Waals surface area contributed by atoms with Gasteiger partial charge in [0.1, 0.15) is 0 Å². The number of nitrogens with zero attached hydrogens (tertiary/aromatic N) is 1. The van der Waals surface area contributed by atoms with Gasteiger partial charge >= 0.3 is 0 Å². The molecule has 2 aliphatic rings. The molecule has 0 radical (unpaired) electrons. The van der Waals surface area contributed by atoms with Gasteiger partial charge in [0.2, 0.25) is 0 Å². The predicted octanol–water partition coefficient (Wildman–Crippen LogP) is 6.08. The molecule has 3 aromatic carbocycles. The van der Waals surface area contributed by atoms with Gasteiger partial charge in [0.25, 0.3) is 0 Å². The molecule has 5 rings (SSSR count). The molecule has 0 spiro atoms. The summed E-state index contributed by atoms with van der Waals surface area (Å²) < 4.78 is 0. The molecule has 0 saturated carbocycles. The maximum absolute atomic E-state index is 6.36. The van der Waals surface area contributed by atoms with Crippen LogP contribution in [-0.2, 0) is 0 Å². The van der Waals surface area contributed by atoms with Crippen molar-refractivity contribution < 1.29 is 0 Å². The molecule has 128 valence electrons. The van der Waals surface area contributed by atoms with Crippen LogP contribution in [-0.4, -0.2) is 11.8 Å². The molecule has 0 saturated heterocycles. The molecule has 26 heavy (non-hydrogen) atoms. The number of benzene rings is 3. The van der Waals surface area contributed by atoms with E-state index in [2.05, 4.69) is 41.0 Å². The van der Waals surface area contributed by atoms with E-state index in [-0.39, 0.29) is 12.1 Å². The van der Waals surface area contributed by atoms with Gasteiger partial charge < -0.3 is 10.6 Å². The third-order valence-corrected chi connectivity index (χ3v) is 5.45. The Morgan fingerprint density at radius 1 is 0.769 bits per heavy atom. The highest BCUT2D eigenvalue weighted by atomic mass is 35.5. The first kappa shape index (κ1) is 15.7. The van der Waals surface area contributed by atoms with Crippen molar-refractivity contribution in [1.29, 1.82) is 0 Å². The number of rotatable bonds is 1. The summed E-state index contributed by atoms with van der Waals surface area (Å²) in [6, 6.07) is 22.1. The van der Waals surface area contributed by atoms with Crippen LogP contribution in [0.4, 0.5) is 17.1 Å². The maximum Gasteiger partial charge on any atom is 0.0937 e. The minimum atomic E-state index is 0.0253. The zero-order chi connectivity index (χ0) is 17.7. The fraction of sp³-hybridized carbons (Fsp3) is 0.0952. The summed E-state index contributed by atoms with van der Waals surface area (Å²) in [7, 11) is 0. The number of halogens is 2. The first-order valence-corrected chi connectivity index (χ1v) is 9.21. The van der Waals surface area contributed by atoms with Gasteiger partial charge in [-0.25, -0.2) is 4.99 Å². The molecule has 0 fully saturated rings. The molecular weight excluding hydrogens is 365 g/mol. The van der Waals surface area contributed by atoms with E-state index in [0.717, 1.165) is 22.6 Å². The van der Waals surface area contributed by atoms with E-state index in [1.807, 2.05) is 18.2 Å². The van der Waals surface area contributed by atoms with Crippen molar-refractivity contribution in [3.05, 3.63) is 87.9 Å². The highest BCUT2D eigenvalue weighted by Crippen LogP contribution is 2.43. The molecule has 0 unspecified atom stereocenters. The summed E-state index contributed by atoms with van der Waals surface area (Å²) in [4.78, 5) is 4.91. The maximum atomic E-state index is 6.36. The summed E-state index contributed by atoms with van der Waals surface area (Å²) >= 11 is 12.5. The minimum Gasteiger partial charge on any atom is -0.374 e. The van der Waals surface area contributed by atoms with Crippen molar-refractivity contribution in [2.45, 2.75) is 12.1 Å². The molecule has 1 aliphatic heterocycles. The van der Waals surface area contributed by atoms with Crippen LogP contribution in [0.1, 0.15) is 17.2 Å². The lowest BCUT2D eigenvalue weighted by molar-refractivity contribution is 0.754. The molecular formula is C21H15Cl2N3. The lowest BCUT2D eigenvalue weighted by Crippen LogP contribution is -2.37. The van der Waals surface area contributed by atoms with Crippen LogP contribution in [0, 0.1) is 0 Å². The number of anilines is 2. The molecule has 0 aromatic heterocycles. The standard InChI is InChI=1S/C21H15Cl2N3/c22-12-9-10-15(23)18(11-12)26-20-14-6-2-1-5-13(14)19-21(20)25-17-8-4-3-7-16(17)24-19/h1-11,19,21,24-25H/t19-,21-/m0/s1. The number of nitrogens with one attached hydrogen (secondary N) is 2. The number of hydrogen-bond donors (Lipinski definition) is 2. The summed E-state index contributed by atoms with van der Waals surface area (Å²) in [5.41, 5.74) is 6.20. The average molecular weight is 380 g/mol. The number of fused-ring (bicyclic) bond motifs is 4. The normalized spacial score (nSPS) is 21.4. The molecule has 1 heterocycles. The summed E-state index contributed by atoms with van der Waals surface area (Å²) in [6.07, 6.45) is 0. The SMILES string of the molecule is Clc1ccc(Cl)c(N=C2c3ccccc3[C@@H]3Nc4ccccc4N[C@H]23)c1. The first-order valence-electron chi connectivity index (χ1n) is 8.46. The van der Waals surface area contributed by atoms with Gasteiger partial charge in [0, 0.05) is 10.6 Å². The second kappa shape index (κ2) is 6.04. The number of para-hydroxylation sites is 2. The Morgan fingerprint density at radius 2 is 1.46 bits per heavy atom. The van der Waals surface area contributed by atoms with Gasteiger partial charge in [-0.15, -0.1) is 0 Å². The quantitative estimate of drug-likeness (QED) is 0.537. The Hall–Kier alpha value is -2.49. The van der Waals surface area contributed by atoms with Crippen molar-refractivity contribution in [3.8, 4) is 0 Å². The Morgan fingerprint density at radius 3 is 2.27 bits per heavy atom. The van der Waals surface area contributed by atoms with Gasteiger partial charge in [-0.1, -0.05) is 59.6 Å². The van der Waals surface area contributed by atoms with E-state index >= 15 is 0 Å². The van der Waals surface area contributed by atoms with Crippen molar-refractivity contribution >= 4 is 46.0 Å². The monoisotopic (exact) mass is 379 g/mol. The summed E-state index contributed by atoms with van der Waals surface area (Å²) in [5.74, 6) is 0. The zero-order valence-corrected chi connectivity index (χ0v) is 15.2. The highest BCUT2D eigenvalue weighted by molar-refractivity contribution is 6.35. The predicted molar refractivity (Wildman–Crippen MR) is 109 cm³/mol. The molecule has 0 bridgehead atoms. The third-order valence-electron chi connectivity index (χ3n) is 4.90. The summed E-state index contributed by atoms with van der Waals surface area (Å²) in [5, 5.41) is 8.51. The largest absolute Gasteiger partial charge is 0.374 e. The van der Waals surface area contributed by atoms with Crippen molar-refractivity contribution in [1.82, 2.24) is 0 Å². The van der Waals surface area contributed by atoms with E-state index in [1.165, 1.54) is 5.56 Å². The van der Waals surface area contributed by atoms with E-state index in [0.29, 0.717) is 15.7 Å². The number of aliphatic imine (C=N–C) groups is 1. The Balaban J connectivity index is 1.67. The number of hydrogen-bond acceptors (Lipinski definition) is 3. The van der Waals surface area contributed by atoms with Crippen molar-refractivity contribution in [2.75, 3.05) is 10.6 Å². The Bertz CT molecular complexity index is 1040. The Kier molecular flexibility index (Phi) is 3.66. The highest BCUT2D eigenvalue weighted by Gasteiger charge is 2.40. The second-order valence-electron chi connectivity index (χ2n) is 6.47. The molecule has 2 atom stereocenters. The fourth-order valence-corrected chi connectivity index (χ4v) is 4.05. The van der Waals surface area contributed by atoms with E-state index in [1.54, 1.807) is 18.2 Å². The molecule has 3 aromatic rings. The van der Waals surface area contributed by atoms with Crippen LogP contribution in [0.25, 0.3) is 0 Å². The molecule has 2 N–H and O–H groups in total. The third kappa shape index (κ3) is 2.47. The van der Waals surface area contributed by atoms with Gasteiger partial charge in [0.15, 0.2) is 0 Å². The van der Waals surface area contributed by atoms with Gasteiger partial charge in [0.05, 0.1) is 39.9 Å². The lowest BCUT2D eigenvalue weighted by Gasteiger charge is -2.32. The van der Waals surface area contributed by atoms with E-state index in [4.69, 9.17) is 28.2 Å². The fourth-order valence-electron chi connectivity index (χ4n) is 3.72. The first-order chi connectivity index (χ1) is 12.7. The van der Waals surface area contributed by atoms with Gasteiger partial charge in [-0.3, -0.25) is 0 Å². The molecule has 1 aliphatic carbocycles. The van der Waals surface area contributed by atoms with Gasteiger partial charge in [-0.2, -0.15) is 0 Å². The van der Waals surface area contributed by atoms with Crippen LogP contribution in [0.3, 0.4) is 0 Å². The van der Waals surface area contributed by atoms with Crippen molar-refractivity contribution in [3.63, 3.8) is 0 Å². The van der Waals surface area contributed by atoms with Crippen LogP contribution in [0.2, 0.25) is 10.0 Å². The summed E-state index contributed by atoms with van der Waals surface area (Å²) in [6.45, 7) is 0. The molecule has 3 nitrogen and oxygen atoms in total. The van der Waals surface area contributed by atoms with Crippen LogP contribution in [0.5, 0.6) is 0 Å². The van der Waals surface area contributed by atoms with Crippen LogP contribution < -0.4 is 10.6 Å². The topological polar surface area (TPSA) is 36.4 Å². The average Bonchev–Trinajstić information content (AvgIpc) is 2.96. The van der Waals surface area contributed by atoms with Gasteiger partial charge in [-0.05, 0) is 35.9 Å². The van der Waals surface area contributed by atoms with E-state index in [9.17, 15) is 0 Å². The molecule has 0 amide bonds. The van der Waals surface area contributed by atoms with Crippen LogP contribution in [0.15, 0.2) is 71.7 Å². The van der Waals surface area contributed by atoms with Crippen LogP contribution >= 0.6 is 23.2 Å².